The lowest BCUT2D eigenvalue weighted by Gasteiger charge is -2.12. The maximum absolute atomic E-state index is 5.80. The number of nitrogens with zero attached hydrogens (tertiary/aromatic N) is 2. The van der Waals surface area contributed by atoms with Gasteiger partial charge in [-0.2, -0.15) is 16.7 Å². The summed E-state index contributed by atoms with van der Waals surface area (Å²) in [4.78, 5) is 7.96. The number of hydrogen-bond donors (Lipinski definition) is 2. The number of hydrogen-bond acceptors (Lipinski definition) is 6. The van der Waals surface area contributed by atoms with E-state index in [1.807, 2.05) is 0 Å². The molecule has 0 aromatic carbocycles. The van der Waals surface area contributed by atoms with Crippen LogP contribution in [-0.2, 0) is 0 Å². The highest BCUT2D eigenvalue weighted by Crippen LogP contribution is 2.24. The first-order chi connectivity index (χ1) is 7.19. The average molecular weight is 228 g/mol. The van der Waals surface area contributed by atoms with Crippen molar-refractivity contribution in [2.24, 2.45) is 0 Å². The summed E-state index contributed by atoms with van der Waals surface area (Å²) in [5.41, 5.74) is 6.25. The largest absolute Gasteiger partial charge is 0.479 e. The number of aromatic nitrogens is 2. The molecule has 0 bridgehead atoms. The second-order valence-electron chi connectivity index (χ2n) is 3.07. The van der Waals surface area contributed by atoms with Gasteiger partial charge >= 0.3 is 0 Å². The summed E-state index contributed by atoms with van der Waals surface area (Å²) in [5.74, 6) is 1.03. The van der Waals surface area contributed by atoms with Crippen molar-refractivity contribution >= 4 is 23.3 Å². The van der Waals surface area contributed by atoms with E-state index in [4.69, 9.17) is 10.5 Å². The fraction of sp³-hybridized carbons (Fsp3) is 0.556. The maximum atomic E-state index is 5.80. The molecule has 15 heavy (non-hydrogen) atoms. The van der Waals surface area contributed by atoms with E-state index < -0.39 is 0 Å². The molecule has 0 aliphatic rings. The first-order valence-electron chi connectivity index (χ1n) is 4.60. The Morgan fingerprint density at radius 3 is 2.93 bits per heavy atom. The molecule has 1 aromatic heterocycles. The van der Waals surface area contributed by atoms with Crippen LogP contribution in [0.2, 0.25) is 0 Å². The van der Waals surface area contributed by atoms with Crippen molar-refractivity contribution in [3.8, 4) is 5.88 Å². The molecule has 0 fully saturated rings. The Hall–Kier alpha value is -1.17. The number of ether oxygens (including phenoxy) is 1. The zero-order valence-electron chi connectivity index (χ0n) is 9.15. The van der Waals surface area contributed by atoms with Gasteiger partial charge in [0.2, 0.25) is 5.88 Å². The highest BCUT2D eigenvalue weighted by atomic mass is 32.2. The Bertz CT molecular complexity index is 321. The summed E-state index contributed by atoms with van der Waals surface area (Å²) in [6.07, 6.45) is 3.50. The minimum atomic E-state index is 0.407. The third-order valence-electron chi connectivity index (χ3n) is 2.00. The highest BCUT2D eigenvalue weighted by Gasteiger charge is 2.08. The van der Waals surface area contributed by atoms with Gasteiger partial charge in [0, 0.05) is 11.8 Å². The number of nitrogen functional groups attached to an aromatic ring is 1. The summed E-state index contributed by atoms with van der Waals surface area (Å²) in [6.45, 7) is 2.94. The van der Waals surface area contributed by atoms with Crippen LogP contribution in [-0.4, -0.2) is 35.1 Å². The second kappa shape index (κ2) is 5.65. The average Bonchev–Trinajstić information content (AvgIpc) is 2.27. The van der Waals surface area contributed by atoms with Crippen LogP contribution >= 0.6 is 11.8 Å². The smallest absolute Gasteiger partial charge is 0.242 e. The first-order valence-corrected chi connectivity index (χ1v) is 5.89. The molecule has 0 aliphatic heterocycles. The molecule has 1 unspecified atom stereocenters. The second-order valence-corrected chi connectivity index (χ2v) is 4.35. The lowest BCUT2D eigenvalue weighted by atomic mass is 10.4. The Morgan fingerprint density at radius 2 is 2.33 bits per heavy atom. The summed E-state index contributed by atoms with van der Waals surface area (Å²) in [5, 5.41) is 3.67. The van der Waals surface area contributed by atoms with Crippen LogP contribution in [0, 0.1) is 0 Å². The molecule has 84 valence electrons. The predicted molar refractivity (Wildman–Crippen MR) is 64.5 cm³/mol. The SMILES string of the molecule is COc1ncnc(NCC(C)SC)c1N. The Labute approximate surface area is 93.8 Å². The summed E-state index contributed by atoms with van der Waals surface area (Å²) in [6, 6.07) is 0. The van der Waals surface area contributed by atoms with Crippen molar-refractivity contribution in [2.75, 3.05) is 31.0 Å². The zero-order valence-corrected chi connectivity index (χ0v) is 9.97. The van der Waals surface area contributed by atoms with Crippen molar-refractivity contribution in [1.29, 1.82) is 0 Å². The van der Waals surface area contributed by atoms with Crippen LogP contribution < -0.4 is 15.8 Å². The van der Waals surface area contributed by atoms with Gasteiger partial charge in [0.25, 0.3) is 0 Å². The molecule has 0 saturated carbocycles. The number of anilines is 2. The van der Waals surface area contributed by atoms with E-state index in [-0.39, 0.29) is 0 Å². The highest BCUT2D eigenvalue weighted by molar-refractivity contribution is 7.99. The molecular weight excluding hydrogens is 212 g/mol. The van der Waals surface area contributed by atoms with E-state index in [0.717, 1.165) is 6.54 Å². The summed E-state index contributed by atoms with van der Waals surface area (Å²) in [7, 11) is 1.53. The number of methoxy groups -OCH3 is 1. The van der Waals surface area contributed by atoms with E-state index in [1.54, 1.807) is 11.8 Å². The van der Waals surface area contributed by atoms with E-state index in [1.165, 1.54) is 13.4 Å². The molecule has 0 spiro atoms. The van der Waals surface area contributed by atoms with Gasteiger partial charge in [0.05, 0.1) is 7.11 Å². The van der Waals surface area contributed by atoms with Gasteiger partial charge in [-0.15, -0.1) is 0 Å². The Kier molecular flexibility index (Phi) is 4.48. The van der Waals surface area contributed by atoms with Gasteiger partial charge in [0.15, 0.2) is 5.82 Å². The molecule has 1 aromatic rings. The third kappa shape index (κ3) is 3.16. The molecule has 0 aliphatic carbocycles. The number of thioether (sulfide) groups is 1. The summed E-state index contributed by atoms with van der Waals surface area (Å²) < 4.78 is 5.00. The van der Waals surface area contributed by atoms with Crippen molar-refractivity contribution in [2.45, 2.75) is 12.2 Å². The Balaban J connectivity index is 2.68. The molecular formula is C9H16N4OS. The summed E-state index contributed by atoms with van der Waals surface area (Å²) >= 11 is 1.78. The van der Waals surface area contributed by atoms with Gasteiger partial charge in [-0.1, -0.05) is 6.92 Å². The van der Waals surface area contributed by atoms with E-state index in [0.29, 0.717) is 22.6 Å². The van der Waals surface area contributed by atoms with Crippen molar-refractivity contribution in [3.63, 3.8) is 0 Å². The van der Waals surface area contributed by atoms with Crippen molar-refractivity contribution in [3.05, 3.63) is 6.33 Å². The van der Waals surface area contributed by atoms with Crippen LogP contribution in [0.25, 0.3) is 0 Å². The molecule has 1 heterocycles. The van der Waals surface area contributed by atoms with Crippen LogP contribution in [0.1, 0.15) is 6.92 Å². The quantitative estimate of drug-likeness (QED) is 0.789. The van der Waals surface area contributed by atoms with Gasteiger partial charge in [-0.25, -0.2) is 4.98 Å². The van der Waals surface area contributed by atoms with E-state index in [2.05, 4.69) is 28.5 Å². The topological polar surface area (TPSA) is 73.1 Å². The van der Waals surface area contributed by atoms with Crippen molar-refractivity contribution < 1.29 is 4.74 Å². The fourth-order valence-corrected chi connectivity index (χ4v) is 1.26. The van der Waals surface area contributed by atoms with Gasteiger partial charge in [-0.05, 0) is 6.26 Å². The van der Waals surface area contributed by atoms with Crippen LogP contribution in [0.3, 0.4) is 0 Å². The van der Waals surface area contributed by atoms with Crippen LogP contribution in [0.4, 0.5) is 11.5 Å². The minimum Gasteiger partial charge on any atom is -0.479 e. The Morgan fingerprint density at radius 1 is 1.60 bits per heavy atom. The molecule has 5 nitrogen and oxygen atoms in total. The normalized spacial score (nSPS) is 12.2. The van der Waals surface area contributed by atoms with E-state index in [9.17, 15) is 0 Å². The van der Waals surface area contributed by atoms with Crippen LogP contribution in [0.5, 0.6) is 5.88 Å². The molecule has 0 amide bonds. The third-order valence-corrected chi connectivity index (χ3v) is 2.97. The molecule has 3 N–H and O–H groups in total. The maximum Gasteiger partial charge on any atom is 0.242 e. The predicted octanol–water partition coefficient (Wildman–Crippen LogP) is 1.23. The minimum absolute atomic E-state index is 0.407. The van der Waals surface area contributed by atoms with Gasteiger partial charge < -0.3 is 15.8 Å². The molecule has 1 atom stereocenters. The monoisotopic (exact) mass is 228 g/mol. The molecule has 6 heteroatoms. The number of nitrogens with two attached hydrogens (primary N) is 1. The van der Waals surface area contributed by atoms with Crippen LogP contribution in [0.15, 0.2) is 6.33 Å². The fourth-order valence-electron chi connectivity index (χ4n) is 1.01. The van der Waals surface area contributed by atoms with Gasteiger partial charge in [-0.3, -0.25) is 0 Å². The molecule has 0 saturated heterocycles. The van der Waals surface area contributed by atoms with Crippen molar-refractivity contribution in [1.82, 2.24) is 9.97 Å². The first kappa shape index (κ1) is 11.9. The van der Waals surface area contributed by atoms with Gasteiger partial charge in [0.1, 0.15) is 12.0 Å². The standard InChI is InChI=1S/C9H16N4OS/c1-6(15-3)4-11-8-7(10)9(14-2)13-5-12-8/h5-6H,4,10H2,1-3H3,(H,11,12,13). The zero-order chi connectivity index (χ0) is 11.3. The number of nitrogens with one attached hydrogen (secondary N) is 1. The van der Waals surface area contributed by atoms with E-state index >= 15 is 0 Å². The molecule has 1 rings (SSSR count). The number of rotatable bonds is 5. The molecule has 0 radical (unpaired) electrons. The lowest BCUT2D eigenvalue weighted by molar-refractivity contribution is 0.399. The lowest BCUT2D eigenvalue weighted by Crippen LogP contribution is -2.15.